The molecule has 0 radical (unpaired) electrons. The van der Waals surface area contributed by atoms with Gasteiger partial charge in [0.15, 0.2) is 0 Å². The normalized spacial score (nSPS) is 18.9. The lowest BCUT2D eigenvalue weighted by Crippen LogP contribution is -2.43. The van der Waals surface area contributed by atoms with Crippen molar-refractivity contribution >= 4 is 0 Å². The maximum absolute atomic E-state index is 5.21. The third-order valence-corrected chi connectivity index (χ3v) is 4.23. The van der Waals surface area contributed by atoms with Crippen molar-refractivity contribution in [1.82, 2.24) is 10.2 Å². The van der Waals surface area contributed by atoms with E-state index in [1.165, 1.54) is 44.5 Å². The third kappa shape index (κ3) is 4.22. The zero-order valence-electron chi connectivity index (χ0n) is 13.1. The second kappa shape index (κ2) is 7.65. The average Bonchev–Trinajstić information content (AvgIpc) is 2.49. The smallest absolute Gasteiger partial charge is 0.118 e. The van der Waals surface area contributed by atoms with Crippen molar-refractivity contribution in [3.05, 3.63) is 29.8 Å². The minimum absolute atomic E-state index is 0.406. The number of hydrogen-bond acceptors (Lipinski definition) is 3. The van der Waals surface area contributed by atoms with E-state index in [1.807, 2.05) is 12.1 Å². The van der Waals surface area contributed by atoms with Crippen LogP contribution in [0.2, 0.25) is 0 Å². The van der Waals surface area contributed by atoms with E-state index < -0.39 is 0 Å². The molecule has 112 valence electrons. The fourth-order valence-corrected chi connectivity index (χ4v) is 2.98. The van der Waals surface area contributed by atoms with Crippen LogP contribution in [0.25, 0.3) is 0 Å². The van der Waals surface area contributed by atoms with Gasteiger partial charge in [-0.1, -0.05) is 19.1 Å². The molecule has 1 N–H and O–H groups in total. The molecule has 0 spiro atoms. The van der Waals surface area contributed by atoms with E-state index in [9.17, 15) is 0 Å². The third-order valence-electron chi connectivity index (χ3n) is 4.23. The monoisotopic (exact) mass is 276 g/mol. The second-order valence-corrected chi connectivity index (χ2v) is 5.78. The van der Waals surface area contributed by atoms with Crippen LogP contribution < -0.4 is 10.1 Å². The number of piperidine rings is 1. The van der Waals surface area contributed by atoms with Gasteiger partial charge >= 0.3 is 0 Å². The molecule has 0 saturated carbocycles. The summed E-state index contributed by atoms with van der Waals surface area (Å²) in [6.07, 6.45) is 3.79. The fraction of sp³-hybridized carbons (Fsp3) is 0.647. The van der Waals surface area contributed by atoms with E-state index in [4.69, 9.17) is 4.74 Å². The summed E-state index contributed by atoms with van der Waals surface area (Å²) in [6, 6.07) is 9.45. The standard InChI is InChI=1S/C17H28N2O/c1-4-11-19-12-9-16(10-13-19)18-14(2)15-5-7-17(20-3)8-6-15/h5-8,14,16,18H,4,9-13H2,1-3H3/t14-/m1/s1. The molecule has 2 rings (SSSR count). The number of rotatable bonds is 6. The maximum atomic E-state index is 5.21. The minimum atomic E-state index is 0.406. The SMILES string of the molecule is CCCN1CCC(N[C@H](C)c2ccc(OC)cc2)CC1. The molecule has 0 unspecified atom stereocenters. The predicted molar refractivity (Wildman–Crippen MR) is 84.3 cm³/mol. The topological polar surface area (TPSA) is 24.5 Å². The zero-order chi connectivity index (χ0) is 14.4. The lowest BCUT2D eigenvalue weighted by atomic mass is 10.0. The van der Waals surface area contributed by atoms with Crippen LogP contribution in [0.15, 0.2) is 24.3 Å². The highest BCUT2D eigenvalue weighted by molar-refractivity contribution is 5.28. The van der Waals surface area contributed by atoms with Crippen LogP contribution in [0, 0.1) is 0 Å². The Morgan fingerprint density at radius 2 is 1.90 bits per heavy atom. The van der Waals surface area contributed by atoms with Crippen LogP contribution in [-0.2, 0) is 0 Å². The first-order chi connectivity index (χ1) is 9.72. The van der Waals surface area contributed by atoms with Crippen LogP contribution in [0.1, 0.15) is 44.7 Å². The van der Waals surface area contributed by atoms with E-state index in [0.29, 0.717) is 12.1 Å². The van der Waals surface area contributed by atoms with Crippen molar-refractivity contribution in [3.8, 4) is 5.75 Å². The summed E-state index contributed by atoms with van der Waals surface area (Å²) in [5.74, 6) is 0.925. The molecule has 0 amide bonds. The van der Waals surface area contributed by atoms with Crippen LogP contribution in [0.3, 0.4) is 0 Å². The summed E-state index contributed by atoms with van der Waals surface area (Å²) in [6.45, 7) is 8.23. The summed E-state index contributed by atoms with van der Waals surface area (Å²) < 4.78 is 5.21. The van der Waals surface area contributed by atoms with Crippen molar-refractivity contribution in [2.45, 2.75) is 45.2 Å². The average molecular weight is 276 g/mol. The largest absolute Gasteiger partial charge is 0.497 e. The van der Waals surface area contributed by atoms with Gasteiger partial charge in [-0.2, -0.15) is 0 Å². The quantitative estimate of drug-likeness (QED) is 0.863. The second-order valence-electron chi connectivity index (χ2n) is 5.78. The number of hydrogen-bond donors (Lipinski definition) is 1. The van der Waals surface area contributed by atoms with Crippen LogP contribution in [0.4, 0.5) is 0 Å². The van der Waals surface area contributed by atoms with E-state index in [-0.39, 0.29) is 0 Å². The molecule has 1 fully saturated rings. The van der Waals surface area contributed by atoms with Crippen LogP contribution >= 0.6 is 0 Å². The van der Waals surface area contributed by atoms with E-state index in [0.717, 1.165) is 5.75 Å². The number of benzene rings is 1. The Morgan fingerprint density at radius 1 is 1.25 bits per heavy atom. The van der Waals surface area contributed by atoms with E-state index in [2.05, 4.69) is 36.2 Å². The summed E-state index contributed by atoms with van der Waals surface area (Å²) in [5, 5.41) is 3.77. The van der Waals surface area contributed by atoms with Gasteiger partial charge in [-0.05, 0) is 63.5 Å². The van der Waals surface area contributed by atoms with Gasteiger partial charge in [-0.25, -0.2) is 0 Å². The number of nitrogens with one attached hydrogen (secondary N) is 1. The first kappa shape index (κ1) is 15.3. The number of methoxy groups -OCH3 is 1. The molecule has 1 aromatic carbocycles. The Balaban J connectivity index is 1.81. The van der Waals surface area contributed by atoms with Gasteiger partial charge in [0.2, 0.25) is 0 Å². The predicted octanol–water partition coefficient (Wildman–Crippen LogP) is 3.22. The highest BCUT2D eigenvalue weighted by atomic mass is 16.5. The molecule has 1 saturated heterocycles. The molecule has 0 aromatic heterocycles. The lowest BCUT2D eigenvalue weighted by molar-refractivity contribution is 0.192. The molecule has 1 aliphatic heterocycles. The van der Waals surface area contributed by atoms with E-state index >= 15 is 0 Å². The summed E-state index contributed by atoms with van der Waals surface area (Å²) in [5.41, 5.74) is 1.33. The van der Waals surface area contributed by atoms with Crippen LogP contribution in [-0.4, -0.2) is 37.7 Å². The number of ether oxygens (including phenoxy) is 1. The van der Waals surface area contributed by atoms with E-state index in [1.54, 1.807) is 7.11 Å². The Morgan fingerprint density at radius 3 is 2.45 bits per heavy atom. The molecule has 1 aliphatic rings. The molecule has 0 bridgehead atoms. The fourth-order valence-electron chi connectivity index (χ4n) is 2.98. The Kier molecular flexibility index (Phi) is 5.86. The first-order valence-electron chi connectivity index (χ1n) is 7.85. The summed E-state index contributed by atoms with van der Waals surface area (Å²) in [7, 11) is 1.71. The van der Waals surface area contributed by atoms with Crippen molar-refractivity contribution in [3.63, 3.8) is 0 Å². The highest BCUT2D eigenvalue weighted by Crippen LogP contribution is 2.20. The van der Waals surface area contributed by atoms with Gasteiger partial charge in [0, 0.05) is 12.1 Å². The molecule has 3 heteroatoms. The molecule has 1 aromatic rings. The van der Waals surface area contributed by atoms with Crippen molar-refractivity contribution in [2.24, 2.45) is 0 Å². The minimum Gasteiger partial charge on any atom is -0.497 e. The van der Waals surface area contributed by atoms with Gasteiger partial charge in [0.05, 0.1) is 7.11 Å². The summed E-state index contributed by atoms with van der Waals surface area (Å²) in [4.78, 5) is 2.58. The van der Waals surface area contributed by atoms with Gasteiger partial charge in [-0.3, -0.25) is 0 Å². The molecule has 0 aliphatic carbocycles. The summed E-state index contributed by atoms with van der Waals surface area (Å²) >= 11 is 0. The van der Waals surface area contributed by atoms with Crippen molar-refractivity contribution in [1.29, 1.82) is 0 Å². The zero-order valence-corrected chi connectivity index (χ0v) is 13.1. The molecular weight excluding hydrogens is 248 g/mol. The van der Waals surface area contributed by atoms with Crippen LogP contribution in [0.5, 0.6) is 5.75 Å². The molecule has 3 nitrogen and oxygen atoms in total. The van der Waals surface area contributed by atoms with Gasteiger partial charge < -0.3 is 15.0 Å². The lowest BCUT2D eigenvalue weighted by Gasteiger charge is -2.33. The Bertz CT molecular complexity index is 382. The molecule has 1 atom stereocenters. The number of likely N-dealkylation sites (tertiary alicyclic amines) is 1. The molecule has 20 heavy (non-hydrogen) atoms. The van der Waals surface area contributed by atoms with Crippen molar-refractivity contribution < 1.29 is 4.74 Å². The highest BCUT2D eigenvalue weighted by Gasteiger charge is 2.20. The first-order valence-corrected chi connectivity index (χ1v) is 7.85. The molecule has 1 heterocycles. The maximum Gasteiger partial charge on any atom is 0.118 e. The van der Waals surface area contributed by atoms with Gasteiger partial charge in [0.1, 0.15) is 5.75 Å². The molecular formula is C17H28N2O. The number of nitrogens with zero attached hydrogens (tertiary/aromatic N) is 1. The Hall–Kier alpha value is -1.06. The van der Waals surface area contributed by atoms with Gasteiger partial charge in [-0.15, -0.1) is 0 Å². The van der Waals surface area contributed by atoms with Gasteiger partial charge in [0.25, 0.3) is 0 Å². The Labute approximate surface area is 123 Å². The van der Waals surface area contributed by atoms with Crippen molar-refractivity contribution in [2.75, 3.05) is 26.7 Å².